The van der Waals surface area contributed by atoms with Crippen LogP contribution >= 0.6 is 0 Å². The van der Waals surface area contributed by atoms with Gasteiger partial charge in [0.05, 0.1) is 5.56 Å². The van der Waals surface area contributed by atoms with E-state index in [1.54, 1.807) is 12.1 Å². The van der Waals surface area contributed by atoms with Crippen molar-refractivity contribution in [1.82, 2.24) is 5.32 Å². The maximum absolute atomic E-state index is 11.9. The highest BCUT2D eigenvalue weighted by molar-refractivity contribution is 5.99. The summed E-state index contributed by atoms with van der Waals surface area (Å²) in [5.41, 5.74) is 6.59. The lowest BCUT2D eigenvalue weighted by Crippen LogP contribution is -2.30. The summed E-state index contributed by atoms with van der Waals surface area (Å²) in [7, 11) is 0. The van der Waals surface area contributed by atoms with Gasteiger partial charge in [-0.1, -0.05) is 0 Å². The van der Waals surface area contributed by atoms with Crippen molar-refractivity contribution in [1.29, 1.82) is 0 Å². The number of nitrogens with one attached hydrogen (secondary N) is 1. The van der Waals surface area contributed by atoms with Gasteiger partial charge in [0.15, 0.2) is 11.5 Å². The zero-order valence-electron chi connectivity index (χ0n) is 9.24. The number of anilines is 1. The summed E-state index contributed by atoms with van der Waals surface area (Å²) < 4.78 is 10.4. The molecule has 3 N–H and O–H groups in total. The van der Waals surface area contributed by atoms with Crippen LogP contribution in [0.1, 0.15) is 24.2 Å². The molecule has 0 saturated carbocycles. The number of nitrogens with two attached hydrogens (primary N) is 1. The van der Waals surface area contributed by atoms with E-state index in [1.807, 2.05) is 13.8 Å². The van der Waals surface area contributed by atoms with Crippen LogP contribution in [0.4, 0.5) is 5.69 Å². The van der Waals surface area contributed by atoms with Gasteiger partial charge in [0.2, 0.25) is 6.79 Å². The molecular weight excluding hydrogens is 208 g/mol. The third kappa shape index (κ3) is 1.88. The van der Waals surface area contributed by atoms with Gasteiger partial charge < -0.3 is 20.5 Å². The molecule has 0 unspecified atom stereocenters. The van der Waals surface area contributed by atoms with Crippen LogP contribution in [0.25, 0.3) is 0 Å². The summed E-state index contributed by atoms with van der Waals surface area (Å²) in [6.45, 7) is 3.91. The summed E-state index contributed by atoms with van der Waals surface area (Å²) in [6, 6.07) is 3.30. The molecule has 5 nitrogen and oxygen atoms in total. The average Bonchev–Trinajstić information content (AvgIpc) is 2.62. The van der Waals surface area contributed by atoms with E-state index >= 15 is 0 Å². The molecule has 1 aromatic rings. The average molecular weight is 222 g/mol. The first-order valence-electron chi connectivity index (χ1n) is 5.08. The van der Waals surface area contributed by atoms with E-state index in [2.05, 4.69) is 5.32 Å². The van der Waals surface area contributed by atoms with Gasteiger partial charge in [-0.25, -0.2) is 0 Å². The van der Waals surface area contributed by atoms with Crippen molar-refractivity contribution in [2.75, 3.05) is 12.5 Å². The largest absolute Gasteiger partial charge is 0.453 e. The van der Waals surface area contributed by atoms with Crippen molar-refractivity contribution in [2.45, 2.75) is 19.9 Å². The molecule has 0 radical (unpaired) electrons. The van der Waals surface area contributed by atoms with Crippen LogP contribution in [-0.4, -0.2) is 18.7 Å². The molecule has 0 aliphatic carbocycles. The minimum Gasteiger partial charge on any atom is -0.453 e. The smallest absolute Gasteiger partial charge is 0.255 e. The molecule has 0 bridgehead atoms. The highest BCUT2D eigenvalue weighted by Gasteiger charge is 2.23. The first-order valence-corrected chi connectivity index (χ1v) is 5.08. The Morgan fingerprint density at radius 3 is 2.88 bits per heavy atom. The number of carbonyl (C=O) groups is 1. The molecule has 1 aliphatic heterocycles. The molecule has 0 spiro atoms. The van der Waals surface area contributed by atoms with E-state index in [1.165, 1.54) is 0 Å². The van der Waals surface area contributed by atoms with E-state index in [4.69, 9.17) is 15.2 Å². The van der Waals surface area contributed by atoms with Gasteiger partial charge in [0.1, 0.15) is 0 Å². The van der Waals surface area contributed by atoms with Gasteiger partial charge in [-0.15, -0.1) is 0 Å². The Balaban J connectivity index is 2.37. The molecule has 5 heteroatoms. The van der Waals surface area contributed by atoms with E-state index in [-0.39, 0.29) is 18.7 Å². The summed E-state index contributed by atoms with van der Waals surface area (Å²) in [6.07, 6.45) is 0. The van der Waals surface area contributed by atoms with E-state index in [0.717, 1.165) is 0 Å². The number of amides is 1. The van der Waals surface area contributed by atoms with E-state index < -0.39 is 0 Å². The molecule has 0 aromatic heterocycles. The Morgan fingerprint density at radius 2 is 2.19 bits per heavy atom. The van der Waals surface area contributed by atoms with Crippen molar-refractivity contribution in [2.24, 2.45) is 0 Å². The fourth-order valence-electron chi connectivity index (χ4n) is 1.54. The van der Waals surface area contributed by atoms with Crippen molar-refractivity contribution >= 4 is 11.6 Å². The SMILES string of the molecule is CC(C)NC(=O)c1cc(N)cc2c1OCO2. The number of hydrogen-bond donors (Lipinski definition) is 2. The van der Waals surface area contributed by atoms with Crippen LogP contribution < -0.4 is 20.5 Å². The van der Waals surface area contributed by atoms with Gasteiger partial charge in [-0.2, -0.15) is 0 Å². The van der Waals surface area contributed by atoms with Crippen LogP contribution in [0.5, 0.6) is 11.5 Å². The molecule has 1 aromatic carbocycles. The summed E-state index contributed by atoms with van der Waals surface area (Å²) in [5.74, 6) is 0.783. The second-order valence-electron chi connectivity index (χ2n) is 3.93. The number of benzene rings is 1. The summed E-state index contributed by atoms with van der Waals surface area (Å²) in [5, 5.41) is 2.79. The molecule has 1 aliphatic rings. The quantitative estimate of drug-likeness (QED) is 0.736. The Morgan fingerprint density at radius 1 is 1.44 bits per heavy atom. The van der Waals surface area contributed by atoms with Gasteiger partial charge in [-0.05, 0) is 19.9 Å². The minimum atomic E-state index is -0.205. The van der Waals surface area contributed by atoms with Crippen LogP contribution in [0.3, 0.4) is 0 Å². The lowest BCUT2D eigenvalue weighted by atomic mass is 10.1. The molecule has 0 saturated heterocycles. The molecule has 16 heavy (non-hydrogen) atoms. The van der Waals surface area contributed by atoms with Gasteiger partial charge >= 0.3 is 0 Å². The van der Waals surface area contributed by atoms with Crippen molar-refractivity contribution in [3.63, 3.8) is 0 Å². The van der Waals surface area contributed by atoms with Gasteiger partial charge in [0, 0.05) is 17.8 Å². The highest BCUT2D eigenvalue weighted by atomic mass is 16.7. The molecule has 2 rings (SSSR count). The molecule has 1 amide bonds. The number of carbonyl (C=O) groups excluding carboxylic acids is 1. The van der Waals surface area contributed by atoms with Crippen molar-refractivity contribution in [3.05, 3.63) is 17.7 Å². The third-order valence-corrected chi connectivity index (χ3v) is 2.16. The first-order chi connectivity index (χ1) is 7.58. The first kappa shape index (κ1) is 10.6. The van der Waals surface area contributed by atoms with Crippen LogP contribution in [0, 0.1) is 0 Å². The lowest BCUT2D eigenvalue weighted by molar-refractivity contribution is 0.0938. The number of rotatable bonds is 2. The summed E-state index contributed by atoms with van der Waals surface area (Å²) in [4.78, 5) is 11.9. The maximum Gasteiger partial charge on any atom is 0.255 e. The Labute approximate surface area is 93.5 Å². The topological polar surface area (TPSA) is 73.6 Å². The molecule has 1 heterocycles. The standard InChI is InChI=1S/C11H14N2O3/c1-6(2)13-11(14)8-3-7(12)4-9-10(8)16-5-15-9/h3-4,6H,5,12H2,1-2H3,(H,13,14). The maximum atomic E-state index is 11.9. The van der Waals surface area contributed by atoms with Crippen LogP contribution in [-0.2, 0) is 0 Å². The highest BCUT2D eigenvalue weighted by Crippen LogP contribution is 2.37. The van der Waals surface area contributed by atoms with Crippen LogP contribution in [0.2, 0.25) is 0 Å². The predicted octanol–water partition coefficient (Wildman–Crippen LogP) is 1.14. The summed E-state index contributed by atoms with van der Waals surface area (Å²) >= 11 is 0. The Kier molecular flexibility index (Phi) is 2.60. The fourth-order valence-corrected chi connectivity index (χ4v) is 1.54. The normalized spacial score (nSPS) is 12.9. The molecule has 86 valence electrons. The van der Waals surface area contributed by atoms with Crippen LogP contribution in [0.15, 0.2) is 12.1 Å². The fraction of sp³-hybridized carbons (Fsp3) is 0.364. The number of nitrogen functional groups attached to an aromatic ring is 1. The second kappa shape index (κ2) is 3.92. The van der Waals surface area contributed by atoms with Gasteiger partial charge in [0.25, 0.3) is 5.91 Å². The minimum absolute atomic E-state index is 0.0619. The van der Waals surface area contributed by atoms with Crippen molar-refractivity contribution in [3.8, 4) is 11.5 Å². The Bertz CT molecular complexity index is 429. The zero-order chi connectivity index (χ0) is 11.7. The number of hydrogen-bond acceptors (Lipinski definition) is 4. The Hall–Kier alpha value is -1.91. The zero-order valence-corrected chi connectivity index (χ0v) is 9.24. The molecule has 0 atom stereocenters. The lowest BCUT2D eigenvalue weighted by Gasteiger charge is -2.10. The second-order valence-corrected chi connectivity index (χ2v) is 3.93. The number of ether oxygens (including phenoxy) is 2. The molecular formula is C11H14N2O3. The molecule has 0 fully saturated rings. The predicted molar refractivity (Wildman–Crippen MR) is 59.6 cm³/mol. The van der Waals surface area contributed by atoms with Gasteiger partial charge in [-0.3, -0.25) is 4.79 Å². The van der Waals surface area contributed by atoms with E-state index in [0.29, 0.717) is 22.7 Å². The van der Waals surface area contributed by atoms with E-state index in [9.17, 15) is 4.79 Å². The monoisotopic (exact) mass is 222 g/mol. The van der Waals surface area contributed by atoms with Crippen molar-refractivity contribution < 1.29 is 14.3 Å². The third-order valence-electron chi connectivity index (χ3n) is 2.16. The number of fused-ring (bicyclic) bond motifs is 1.